The number of anilines is 1. The maximum absolute atomic E-state index is 12.1. The monoisotopic (exact) mass is 306 g/mol. The molecule has 23 heavy (non-hydrogen) atoms. The van der Waals surface area contributed by atoms with Crippen molar-refractivity contribution in [3.63, 3.8) is 0 Å². The summed E-state index contributed by atoms with van der Waals surface area (Å²) in [5, 5.41) is 11.6. The van der Waals surface area contributed by atoms with Gasteiger partial charge in [-0.15, -0.1) is 0 Å². The minimum Gasteiger partial charge on any atom is -0.357 e. The van der Waals surface area contributed by atoms with Crippen LogP contribution < -0.4 is 10.2 Å². The molecule has 1 fully saturated rings. The summed E-state index contributed by atoms with van der Waals surface area (Å²) in [5.74, 6) is 0.850. The van der Waals surface area contributed by atoms with E-state index in [0.29, 0.717) is 17.7 Å². The highest BCUT2D eigenvalue weighted by molar-refractivity contribution is 5.94. The molecule has 0 spiro atoms. The summed E-state index contributed by atoms with van der Waals surface area (Å²) in [6.07, 6.45) is 4.26. The minimum atomic E-state index is -0.155. The smallest absolute Gasteiger partial charge is 0.251 e. The number of carbonyl (C=O) groups excluding carboxylic acids is 1. The van der Waals surface area contributed by atoms with E-state index in [-0.39, 0.29) is 5.91 Å². The number of benzene rings is 1. The highest BCUT2D eigenvalue weighted by Crippen LogP contribution is 2.17. The Morgan fingerprint density at radius 2 is 1.91 bits per heavy atom. The third-order valence-electron chi connectivity index (χ3n) is 3.97. The van der Waals surface area contributed by atoms with Gasteiger partial charge in [0, 0.05) is 31.4 Å². The summed E-state index contributed by atoms with van der Waals surface area (Å²) in [6, 6.07) is 12.6. The van der Waals surface area contributed by atoms with Crippen molar-refractivity contribution in [2.24, 2.45) is 0 Å². The molecule has 0 saturated carbocycles. The molecule has 5 nitrogen and oxygen atoms in total. The molecule has 1 aliphatic heterocycles. The van der Waals surface area contributed by atoms with Gasteiger partial charge in [0.05, 0.1) is 11.6 Å². The molecule has 5 heteroatoms. The summed E-state index contributed by atoms with van der Waals surface area (Å²) in [5.41, 5.74) is 2.06. The van der Waals surface area contributed by atoms with Crippen molar-refractivity contribution in [2.45, 2.75) is 19.4 Å². The third kappa shape index (κ3) is 3.67. The van der Waals surface area contributed by atoms with Crippen LogP contribution in [-0.2, 0) is 6.54 Å². The highest BCUT2D eigenvalue weighted by atomic mass is 16.1. The molecule has 2 heterocycles. The number of carbonyl (C=O) groups is 1. The largest absolute Gasteiger partial charge is 0.357 e. The first-order valence-electron chi connectivity index (χ1n) is 7.74. The van der Waals surface area contributed by atoms with Crippen molar-refractivity contribution in [1.29, 1.82) is 5.26 Å². The molecule has 2 aromatic rings. The van der Waals surface area contributed by atoms with Crippen molar-refractivity contribution >= 4 is 11.7 Å². The Hall–Kier alpha value is -2.87. The van der Waals surface area contributed by atoms with Crippen LogP contribution in [0.5, 0.6) is 0 Å². The van der Waals surface area contributed by atoms with E-state index >= 15 is 0 Å². The lowest BCUT2D eigenvalue weighted by atomic mass is 10.1. The van der Waals surface area contributed by atoms with Crippen molar-refractivity contribution in [2.75, 3.05) is 18.0 Å². The van der Waals surface area contributed by atoms with Crippen LogP contribution >= 0.6 is 0 Å². The molecule has 116 valence electrons. The lowest BCUT2D eigenvalue weighted by Gasteiger charge is -2.16. The second kappa shape index (κ2) is 6.93. The van der Waals surface area contributed by atoms with Gasteiger partial charge in [-0.2, -0.15) is 5.26 Å². The third-order valence-corrected chi connectivity index (χ3v) is 3.97. The first kappa shape index (κ1) is 15.0. The molecule has 1 amide bonds. The van der Waals surface area contributed by atoms with Crippen LogP contribution in [0.2, 0.25) is 0 Å². The van der Waals surface area contributed by atoms with E-state index in [1.54, 1.807) is 24.3 Å². The Balaban J connectivity index is 1.56. The van der Waals surface area contributed by atoms with E-state index in [4.69, 9.17) is 5.26 Å². The number of nitrogens with zero attached hydrogens (tertiary/aromatic N) is 3. The van der Waals surface area contributed by atoms with Crippen LogP contribution in [0.1, 0.15) is 34.3 Å². The van der Waals surface area contributed by atoms with Gasteiger partial charge in [0.2, 0.25) is 0 Å². The number of hydrogen-bond acceptors (Lipinski definition) is 4. The highest BCUT2D eigenvalue weighted by Gasteiger charge is 2.13. The predicted octanol–water partition coefficient (Wildman–Crippen LogP) is 2.48. The zero-order valence-electron chi connectivity index (χ0n) is 12.8. The average Bonchev–Trinajstić information content (AvgIpc) is 3.15. The average molecular weight is 306 g/mol. The Morgan fingerprint density at radius 3 is 2.52 bits per heavy atom. The molecular weight excluding hydrogens is 288 g/mol. The first-order chi connectivity index (χ1) is 11.3. The van der Waals surface area contributed by atoms with Crippen molar-refractivity contribution in [1.82, 2.24) is 10.3 Å². The Labute approximate surface area is 135 Å². The van der Waals surface area contributed by atoms with E-state index in [0.717, 1.165) is 24.5 Å². The number of rotatable bonds is 4. The fraction of sp³-hybridized carbons (Fsp3) is 0.278. The molecule has 1 aromatic carbocycles. The summed E-state index contributed by atoms with van der Waals surface area (Å²) in [4.78, 5) is 18.8. The molecule has 1 N–H and O–H groups in total. The normalized spacial score (nSPS) is 13.6. The maximum atomic E-state index is 12.1. The van der Waals surface area contributed by atoms with Crippen LogP contribution in [0.15, 0.2) is 42.6 Å². The van der Waals surface area contributed by atoms with Gasteiger partial charge in [0.25, 0.3) is 5.91 Å². The molecule has 1 aliphatic rings. The van der Waals surface area contributed by atoms with Gasteiger partial charge in [-0.05, 0) is 48.7 Å². The van der Waals surface area contributed by atoms with Gasteiger partial charge in [-0.3, -0.25) is 4.79 Å². The fourth-order valence-electron chi connectivity index (χ4n) is 2.64. The van der Waals surface area contributed by atoms with Crippen LogP contribution in [0, 0.1) is 11.3 Å². The molecule has 3 rings (SSSR count). The summed E-state index contributed by atoms with van der Waals surface area (Å²) >= 11 is 0. The van der Waals surface area contributed by atoms with Crippen LogP contribution in [0.3, 0.4) is 0 Å². The number of pyridine rings is 1. The number of nitriles is 1. The predicted molar refractivity (Wildman–Crippen MR) is 88.0 cm³/mol. The van der Waals surface area contributed by atoms with Gasteiger partial charge in [-0.25, -0.2) is 4.98 Å². The minimum absolute atomic E-state index is 0.155. The van der Waals surface area contributed by atoms with E-state index < -0.39 is 0 Å². The van der Waals surface area contributed by atoms with Crippen molar-refractivity contribution in [3.05, 3.63) is 59.3 Å². The van der Waals surface area contributed by atoms with E-state index in [9.17, 15) is 4.79 Å². The lowest BCUT2D eigenvalue weighted by Crippen LogP contribution is -2.23. The summed E-state index contributed by atoms with van der Waals surface area (Å²) in [6.45, 7) is 2.58. The van der Waals surface area contributed by atoms with Gasteiger partial charge in [0.1, 0.15) is 5.82 Å². The topological polar surface area (TPSA) is 69.0 Å². The molecule has 1 aromatic heterocycles. The second-order valence-corrected chi connectivity index (χ2v) is 5.59. The maximum Gasteiger partial charge on any atom is 0.251 e. The molecule has 1 saturated heterocycles. The number of amides is 1. The van der Waals surface area contributed by atoms with E-state index in [1.807, 2.05) is 24.4 Å². The molecule has 0 radical (unpaired) electrons. The lowest BCUT2D eigenvalue weighted by molar-refractivity contribution is 0.0951. The van der Waals surface area contributed by atoms with Gasteiger partial charge in [-0.1, -0.05) is 6.07 Å². The molecule has 0 bridgehead atoms. The zero-order valence-corrected chi connectivity index (χ0v) is 12.8. The van der Waals surface area contributed by atoms with Crippen molar-refractivity contribution in [3.8, 4) is 6.07 Å². The van der Waals surface area contributed by atoms with Crippen LogP contribution in [0.4, 0.5) is 5.82 Å². The van der Waals surface area contributed by atoms with Crippen molar-refractivity contribution < 1.29 is 4.79 Å². The van der Waals surface area contributed by atoms with Gasteiger partial charge >= 0.3 is 0 Å². The number of hydrogen-bond donors (Lipinski definition) is 1. The number of aromatic nitrogens is 1. The number of nitrogens with one attached hydrogen (secondary N) is 1. The Kier molecular flexibility index (Phi) is 4.53. The van der Waals surface area contributed by atoms with E-state index in [1.165, 1.54) is 12.8 Å². The first-order valence-corrected chi connectivity index (χ1v) is 7.74. The Morgan fingerprint density at radius 1 is 1.17 bits per heavy atom. The quantitative estimate of drug-likeness (QED) is 0.942. The molecule has 0 aliphatic carbocycles. The van der Waals surface area contributed by atoms with Gasteiger partial charge < -0.3 is 10.2 Å². The zero-order chi connectivity index (χ0) is 16.1. The van der Waals surface area contributed by atoms with E-state index in [2.05, 4.69) is 15.2 Å². The molecule has 0 atom stereocenters. The summed E-state index contributed by atoms with van der Waals surface area (Å²) < 4.78 is 0. The SMILES string of the molecule is N#Cc1ccc(C(=O)NCc2ccc(N3CCCC3)nc2)cc1. The summed E-state index contributed by atoms with van der Waals surface area (Å²) in [7, 11) is 0. The van der Waals surface area contributed by atoms with Crippen LogP contribution in [0.25, 0.3) is 0 Å². The standard InChI is InChI=1S/C18H18N4O/c19-11-14-3-6-16(7-4-14)18(23)21-13-15-5-8-17(20-12-15)22-9-1-2-10-22/h3-8,12H,1-2,9-10,13H2,(H,21,23). The molecule has 0 unspecified atom stereocenters. The fourth-order valence-corrected chi connectivity index (χ4v) is 2.64. The van der Waals surface area contributed by atoms with Crippen LogP contribution in [-0.4, -0.2) is 24.0 Å². The van der Waals surface area contributed by atoms with Gasteiger partial charge in [0.15, 0.2) is 0 Å². The molecular formula is C18H18N4O. The second-order valence-electron chi connectivity index (χ2n) is 5.59. The Bertz CT molecular complexity index is 710.